The van der Waals surface area contributed by atoms with E-state index in [1.807, 2.05) is 30.3 Å². The van der Waals surface area contributed by atoms with Gasteiger partial charge < -0.3 is 19.3 Å². The number of carbonyl (C=O) groups is 2. The molecule has 1 aromatic carbocycles. The molecule has 0 spiro atoms. The molecule has 3 heterocycles. The molecule has 0 unspecified atom stereocenters. The predicted molar refractivity (Wildman–Crippen MR) is 101 cm³/mol. The molecule has 146 valence electrons. The van der Waals surface area contributed by atoms with Crippen molar-refractivity contribution in [2.24, 2.45) is 0 Å². The second-order valence-electron chi connectivity index (χ2n) is 7.08. The van der Waals surface area contributed by atoms with Crippen LogP contribution in [0.15, 0.2) is 42.7 Å². The first-order chi connectivity index (χ1) is 13.6. The fourth-order valence-electron chi connectivity index (χ4n) is 3.86. The van der Waals surface area contributed by atoms with Gasteiger partial charge in [-0.2, -0.15) is 0 Å². The van der Waals surface area contributed by atoms with Crippen LogP contribution in [0, 0.1) is 0 Å². The van der Waals surface area contributed by atoms with E-state index in [2.05, 4.69) is 4.98 Å². The number of rotatable bonds is 5. The Morgan fingerprint density at radius 2 is 2.11 bits per heavy atom. The Bertz CT molecular complexity index is 871. The summed E-state index contributed by atoms with van der Waals surface area (Å²) in [5.74, 6) is 1.27. The molecule has 2 aliphatic heterocycles. The smallest absolute Gasteiger partial charge is 0.245 e. The summed E-state index contributed by atoms with van der Waals surface area (Å²) in [4.78, 5) is 33.0. The average molecular weight is 381 g/mol. The molecule has 2 aliphatic rings. The van der Waals surface area contributed by atoms with E-state index in [9.17, 15) is 9.59 Å². The first-order valence-electron chi connectivity index (χ1n) is 9.46. The standard InChI is InChI=1S/C21H23N3O4/c1-15(25)24-10-4-7-18(24)21(26)23(12-16-5-3-9-22-11-16)13-17-6-2-8-19-20(17)28-14-27-19/h2-3,5-6,8-9,11,18H,4,7,10,12-14H2,1H3/t18-/m0/s1. The summed E-state index contributed by atoms with van der Waals surface area (Å²) < 4.78 is 11.1. The van der Waals surface area contributed by atoms with Crippen molar-refractivity contribution < 1.29 is 19.1 Å². The number of likely N-dealkylation sites (tertiary alicyclic amines) is 1. The van der Waals surface area contributed by atoms with Gasteiger partial charge in [0.2, 0.25) is 18.6 Å². The Morgan fingerprint density at radius 3 is 2.89 bits per heavy atom. The van der Waals surface area contributed by atoms with Gasteiger partial charge in [-0.3, -0.25) is 14.6 Å². The van der Waals surface area contributed by atoms with Crippen molar-refractivity contribution in [1.82, 2.24) is 14.8 Å². The Morgan fingerprint density at radius 1 is 1.21 bits per heavy atom. The minimum atomic E-state index is -0.414. The summed E-state index contributed by atoms with van der Waals surface area (Å²) in [5, 5.41) is 0. The summed E-state index contributed by atoms with van der Waals surface area (Å²) in [6.07, 6.45) is 4.99. The highest BCUT2D eigenvalue weighted by Gasteiger charge is 2.35. The largest absolute Gasteiger partial charge is 0.454 e. The maximum atomic E-state index is 13.4. The summed E-state index contributed by atoms with van der Waals surface area (Å²) >= 11 is 0. The number of benzene rings is 1. The maximum absolute atomic E-state index is 13.4. The van der Waals surface area contributed by atoms with Crippen LogP contribution in [0.3, 0.4) is 0 Å². The van der Waals surface area contributed by atoms with Crippen LogP contribution in [-0.2, 0) is 22.7 Å². The summed E-state index contributed by atoms with van der Waals surface area (Å²) in [6.45, 7) is 3.13. The van der Waals surface area contributed by atoms with Gasteiger partial charge in [-0.1, -0.05) is 18.2 Å². The number of amides is 2. The van der Waals surface area contributed by atoms with E-state index in [0.29, 0.717) is 37.6 Å². The van der Waals surface area contributed by atoms with Crippen molar-refractivity contribution in [1.29, 1.82) is 0 Å². The number of nitrogens with zero attached hydrogens (tertiary/aromatic N) is 3. The Hall–Kier alpha value is -3.09. The van der Waals surface area contributed by atoms with Crippen molar-refractivity contribution in [2.75, 3.05) is 13.3 Å². The molecule has 1 saturated heterocycles. The highest BCUT2D eigenvalue weighted by molar-refractivity contribution is 5.87. The number of para-hydroxylation sites is 1. The third-order valence-corrected chi connectivity index (χ3v) is 5.19. The number of aromatic nitrogens is 1. The van der Waals surface area contributed by atoms with E-state index in [4.69, 9.17) is 9.47 Å². The van der Waals surface area contributed by atoms with Gasteiger partial charge in [0, 0.05) is 44.5 Å². The highest BCUT2D eigenvalue weighted by Crippen LogP contribution is 2.36. The van der Waals surface area contributed by atoms with Crippen LogP contribution >= 0.6 is 0 Å². The topological polar surface area (TPSA) is 72.0 Å². The molecule has 0 bridgehead atoms. The lowest BCUT2D eigenvalue weighted by atomic mass is 10.1. The van der Waals surface area contributed by atoms with Crippen molar-refractivity contribution in [3.8, 4) is 11.5 Å². The van der Waals surface area contributed by atoms with Crippen LogP contribution in [0.5, 0.6) is 11.5 Å². The first-order valence-corrected chi connectivity index (χ1v) is 9.46. The van der Waals surface area contributed by atoms with E-state index >= 15 is 0 Å². The molecule has 7 heteroatoms. The lowest BCUT2D eigenvalue weighted by Gasteiger charge is -2.30. The molecule has 0 saturated carbocycles. The number of pyridine rings is 1. The van der Waals surface area contributed by atoms with Crippen molar-refractivity contribution in [2.45, 2.75) is 38.9 Å². The molecular formula is C21H23N3O4. The van der Waals surface area contributed by atoms with Crippen molar-refractivity contribution >= 4 is 11.8 Å². The minimum absolute atomic E-state index is 0.0481. The van der Waals surface area contributed by atoms with Crippen molar-refractivity contribution in [3.05, 3.63) is 53.9 Å². The zero-order valence-corrected chi connectivity index (χ0v) is 15.8. The van der Waals surface area contributed by atoms with Gasteiger partial charge >= 0.3 is 0 Å². The maximum Gasteiger partial charge on any atom is 0.245 e. The van der Waals surface area contributed by atoms with Crippen LogP contribution in [-0.4, -0.2) is 46.0 Å². The van der Waals surface area contributed by atoms with Gasteiger partial charge in [-0.05, 0) is 30.5 Å². The monoisotopic (exact) mass is 381 g/mol. The number of fused-ring (bicyclic) bond motifs is 1. The SMILES string of the molecule is CC(=O)N1CCC[C@H]1C(=O)N(Cc1cccnc1)Cc1cccc2c1OCO2. The van der Waals surface area contributed by atoms with E-state index < -0.39 is 6.04 Å². The molecule has 0 aliphatic carbocycles. The third-order valence-electron chi connectivity index (χ3n) is 5.19. The van der Waals surface area contributed by atoms with Gasteiger partial charge in [0.1, 0.15) is 6.04 Å². The molecule has 7 nitrogen and oxygen atoms in total. The van der Waals surface area contributed by atoms with E-state index in [-0.39, 0.29) is 18.6 Å². The molecule has 2 aromatic rings. The van der Waals surface area contributed by atoms with Gasteiger partial charge in [-0.15, -0.1) is 0 Å². The number of hydrogen-bond donors (Lipinski definition) is 0. The molecule has 0 radical (unpaired) electrons. The van der Waals surface area contributed by atoms with Gasteiger partial charge in [0.25, 0.3) is 0 Å². The fourth-order valence-corrected chi connectivity index (χ4v) is 3.86. The van der Waals surface area contributed by atoms with E-state index in [1.165, 1.54) is 6.92 Å². The van der Waals surface area contributed by atoms with Crippen LogP contribution in [0.4, 0.5) is 0 Å². The summed E-state index contributed by atoms with van der Waals surface area (Å²) in [6, 6.07) is 9.07. The Kier molecular flexibility index (Phi) is 5.14. The van der Waals surface area contributed by atoms with Gasteiger partial charge in [0.05, 0.1) is 0 Å². The molecule has 1 fully saturated rings. The third kappa shape index (κ3) is 3.65. The quantitative estimate of drug-likeness (QED) is 0.795. The molecule has 2 amide bonds. The van der Waals surface area contributed by atoms with Crippen LogP contribution in [0.2, 0.25) is 0 Å². The fraction of sp³-hybridized carbons (Fsp3) is 0.381. The number of ether oxygens (including phenoxy) is 2. The van der Waals surface area contributed by atoms with Crippen LogP contribution in [0.25, 0.3) is 0 Å². The normalized spacial score (nSPS) is 17.6. The lowest BCUT2D eigenvalue weighted by molar-refractivity contribution is -0.143. The van der Waals surface area contributed by atoms with Gasteiger partial charge in [0.15, 0.2) is 11.5 Å². The molecule has 4 rings (SSSR count). The molecule has 28 heavy (non-hydrogen) atoms. The average Bonchev–Trinajstić information content (AvgIpc) is 3.37. The van der Waals surface area contributed by atoms with Crippen LogP contribution < -0.4 is 9.47 Å². The first kappa shape index (κ1) is 18.3. The van der Waals surface area contributed by atoms with Gasteiger partial charge in [-0.25, -0.2) is 0 Å². The molecule has 0 N–H and O–H groups in total. The molecule has 1 aromatic heterocycles. The highest BCUT2D eigenvalue weighted by atomic mass is 16.7. The number of hydrogen-bond acceptors (Lipinski definition) is 5. The summed E-state index contributed by atoms with van der Waals surface area (Å²) in [7, 11) is 0. The second kappa shape index (κ2) is 7.88. The Balaban J connectivity index is 1.61. The molecular weight excluding hydrogens is 358 g/mol. The second-order valence-corrected chi connectivity index (χ2v) is 7.08. The molecule has 1 atom stereocenters. The predicted octanol–water partition coefficient (Wildman–Crippen LogP) is 2.35. The van der Waals surface area contributed by atoms with Crippen LogP contribution in [0.1, 0.15) is 30.9 Å². The summed E-state index contributed by atoms with van der Waals surface area (Å²) in [5.41, 5.74) is 1.83. The van der Waals surface area contributed by atoms with E-state index in [1.54, 1.807) is 22.2 Å². The Labute approximate surface area is 163 Å². The zero-order valence-electron chi connectivity index (χ0n) is 15.8. The minimum Gasteiger partial charge on any atom is -0.454 e. The van der Waals surface area contributed by atoms with Crippen molar-refractivity contribution in [3.63, 3.8) is 0 Å². The zero-order chi connectivity index (χ0) is 19.5. The number of carbonyl (C=O) groups excluding carboxylic acids is 2. The lowest BCUT2D eigenvalue weighted by Crippen LogP contribution is -2.46. The van der Waals surface area contributed by atoms with E-state index in [0.717, 1.165) is 17.5 Å².